The molecule has 2 rings (SSSR count). The van der Waals surface area contributed by atoms with Crippen LogP contribution in [0.1, 0.15) is 29.7 Å². The molecule has 2 amide bonds. The number of amides is 2. The van der Waals surface area contributed by atoms with Crippen LogP contribution in [-0.4, -0.2) is 32.8 Å². The fourth-order valence-electron chi connectivity index (χ4n) is 2.67. The van der Waals surface area contributed by atoms with Gasteiger partial charge in [-0.25, -0.2) is 17.5 Å². The van der Waals surface area contributed by atoms with Crippen LogP contribution in [0.5, 0.6) is 0 Å². The molecule has 2 aromatic carbocycles. The molecule has 0 saturated heterocycles. The standard InChI is InChI=1S/C19H25N3O3S/c1-14-9-5-7-11-17(14)15(2)21-19(23)20-13-16-10-6-8-12-18(16)26(24,25)22(3)4/h5-12,15H,13H2,1-4H3,(H2,20,21,23). The van der Waals surface area contributed by atoms with E-state index in [0.717, 1.165) is 15.4 Å². The van der Waals surface area contributed by atoms with Crippen molar-refractivity contribution in [3.63, 3.8) is 0 Å². The molecule has 26 heavy (non-hydrogen) atoms. The van der Waals surface area contributed by atoms with E-state index in [0.29, 0.717) is 5.56 Å². The Kier molecular flexibility index (Phi) is 6.39. The molecule has 0 aliphatic carbocycles. The summed E-state index contributed by atoms with van der Waals surface area (Å²) in [5.74, 6) is 0. The lowest BCUT2D eigenvalue weighted by Gasteiger charge is -2.18. The van der Waals surface area contributed by atoms with E-state index in [1.54, 1.807) is 24.3 Å². The predicted octanol–water partition coefficient (Wildman–Crippen LogP) is 2.81. The number of sulfonamides is 1. The summed E-state index contributed by atoms with van der Waals surface area (Å²) in [5.41, 5.74) is 2.68. The number of carbonyl (C=O) groups excluding carboxylic acids is 1. The van der Waals surface area contributed by atoms with Gasteiger partial charge in [-0.1, -0.05) is 42.5 Å². The molecule has 0 aromatic heterocycles. The van der Waals surface area contributed by atoms with Crippen LogP contribution in [0.3, 0.4) is 0 Å². The summed E-state index contributed by atoms with van der Waals surface area (Å²) in [6.07, 6.45) is 0. The van der Waals surface area contributed by atoms with Gasteiger partial charge in [-0.05, 0) is 36.6 Å². The van der Waals surface area contributed by atoms with E-state index in [1.807, 2.05) is 38.1 Å². The average molecular weight is 375 g/mol. The maximum Gasteiger partial charge on any atom is 0.315 e. The number of nitrogens with one attached hydrogen (secondary N) is 2. The van der Waals surface area contributed by atoms with Gasteiger partial charge in [0.25, 0.3) is 0 Å². The molecule has 0 bridgehead atoms. The van der Waals surface area contributed by atoms with Crippen molar-refractivity contribution in [2.75, 3.05) is 14.1 Å². The second kappa shape index (κ2) is 8.33. The molecule has 0 aliphatic heterocycles. The van der Waals surface area contributed by atoms with E-state index < -0.39 is 10.0 Å². The van der Waals surface area contributed by atoms with Crippen LogP contribution in [0.2, 0.25) is 0 Å². The first-order chi connectivity index (χ1) is 12.2. The normalized spacial score (nSPS) is 12.7. The number of rotatable bonds is 6. The van der Waals surface area contributed by atoms with E-state index >= 15 is 0 Å². The number of carbonyl (C=O) groups is 1. The van der Waals surface area contributed by atoms with Gasteiger partial charge < -0.3 is 10.6 Å². The minimum atomic E-state index is -3.57. The van der Waals surface area contributed by atoms with Crippen molar-refractivity contribution >= 4 is 16.1 Å². The molecule has 140 valence electrons. The van der Waals surface area contributed by atoms with Crippen molar-refractivity contribution in [1.82, 2.24) is 14.9 Å². The Bertz CT molecular complexity index is 879. The smallest absolute Gasteiger partial charge is 0.315 e. The summed E-state index contributed by atoms with van der Waals surface area (Å²) in [5, 5.41) is 5.62. The van der Waals surface area contributed by atoms with E-state index in [1.165, 1.54) is 14.1 Å². The quantitative estimate of drug-likeness (QED) is 0.815. The maximum absolute atomic E-state index is 12.4. The van der Waals surface area contributed by atoms with E-state index in [-0.39, 0.29) is 23.5 Å². The fourth-order valence-corrected chi connectivity index (χ4v) is 3.79. The van der Waals surface area contributed by atoms with Gasteiger partial charge in [0.1, 0.15) is 0 Å². The molecule has 7 heteroatoms. The number of hydrogen-bond donors (Lipinski definition) is 2. The lowest BCUT2D eigenvalue weighted by atomic mass is 10.0. The minimum absolute atomic E-state index is 0.121. The Balaban J connectivity index is 2.06. The predicted molar refractivity (Wildman–Crippen MR) is 102 cm³/mol. The van der Waals surface area contributed by atoms with Gasteiger partial charge in [-0.3, -0.25) is 0 Å². The second-order valence-electron chi connectivity index (χ2n) is 6.30. The van der Waals surface area contributed by atoms with Crippen LogP contribution in [0.4, 0.5) is 4.79 Å². The molecule has 0 spiro atoms. The highest BCUT2D eigenvalue weighted by Gasteiger charge is 2.21. The van der Waals surface area contributed by atoms with Gasteiger partial charge in [0, 0.05) is 20.6 Å². The Morgan fingerprint density at radius 3 is 2.35 bits per heavy atom. The topological polar surface area (TPSA) is 78.5 Å². The third kappa shape index (κ3) is 4.62. The second-order valence-corrected chi connectivity index (χ2v) is 8.42. The lowest BCUT2D eigenvalue weighted by Crippen LogP contribution is -2.37. The molecular formula is C19H25N3O3S. The monoisotopic (exact) mass is 375 g/mol. The van der Waals surface area contributed by atoms with Crippen LogP contribution < -0.4 is 10.6 Å². The fraction of sp³-hybridized carbons (Fsp3) is 0.316. The third-order valence-corrected chi connectivity index (χ3v) is 6.09. The summed E-state index contributed by atoms with van der Waals surface area (Å²) >= 11 is 0. The Labute approximate surface area is 155 Å². The molecule has 0 aliphatic rings. The molecule has 1 unspecified atom stereocenters. The summed E-state index contributed by atoms with van der Waals surface area (Å²) in [4.78, 5) is 12.4. The van der Waals surface area contributed by atoms with Gasteiger partial charge in [0.15, 0.2) is 0 Å². The van der Waals surface area contributed by atoms with Crippen molar-refractivity contribution in [2.24, 2.45) is 0 Å². The van der Waals surface area contributed by atoms with Gasteiger partial charge in [-0.15, -0.1) is 0 Å². The molecule has 6 nitrogen and oxygen atoms in total. The van der Waals surface area contributed by atoms with Gasteiger partial charge >= 0.3 is 6.03 Å². The van der Waals surface area contributed by atoms with Crippen LogP contribution in [0, 0.1) is 6.92 Å². The Morgan fingerprint density at radius 1 is 1.08 bits per heavy atom. The summed E-state index contributed by atoms with van der Waals surface area (Å²) in [7, 11) is -0.601. The first kappa shape index (κ1) is 19.9. The first-order valence-electron chi connectivity index (χ1n) is 8.34. The number of nitrogens with zero attached hydrogens (tertiary/aromatic N) is 1. The zero-order valence-electron chi connectivity index (χ0n) is 15.5. The lowest BCUT2D eigenvalue weighted by molar-refractivity contribution is 0.237. The van der Waals surface area contributed by atoms with Crippen LogP contribution >= 0.6 is 0 Å². The number of aryl methyl sites for hydroxylation is 1. The van der Waals surface area contributed by atoms with Crippen molar-refractivity contribution in [2.45, 2.75) is 31.3 Å². The van der Waals surface area contributed by atoms with E-state index in [2.05, 4.69) is 10.6 Å². The van der Waals surface area contributed by atoms with Crippen molar-refractivity contribution in [3.05, 3.63) is 65.2 Å². The molecular weight excluding hydrogens is 350 g/mol. The van der Waals surface area contributed by atoms with Gasteiger partial charge in [0.2, 0.25) is 10.0 Å². The molecule has 0 radical (unpaired) electrons. The maximum atomic E-state index is 12.4. The number of urea groups is 1. The number of hydrogen-bond acceptors (Lipinski definition) is 3. The molecule has 0 heterocycles. The van der Waals surface area contributed by atoms with E-state index in [4.69, 9.17) is 0 Å². The van der Waals surface area contributed by atoms with Gasteiger partial charge in [-0.2, -0.15) is 0 Å². The SMILES string of the molecule is Cc1ccccc1C(C)NC(=O)NCc1ccccc1S(=O)(=O)N(C)C. The Morgan fingerprint density at radius 2 is 1.69 bits per heavy atom. The summed E-state index contributed by atoms with van der Waals surface area (Å²) < 4.78 is 25.9. The van der Waals surface area contributed by atoms with E-state index in [9.17, 15) is 13.2 Å². The van der Waals surface area contributed by atoms with Crippen molar-refractivity contribution < 1.29 is 13.2 Å². The number of benzene rings is 2. The summed E-state index contributed by atoms with van der Waals surface area (Å²) in [6.45, 7) is 4.02. The minimum Gasteiger partial charge on any atom is -0.334 e. The van der Waals surface area contributed by atoms with Crippen LogP contribution in [-0.2, 0) is 16.6 Å². The molecule has 0 fully saturated rings. The highest BCUT2D eigenvalue weighted by molar-refractivity contribution is 7.89. The first-order valence-corrected chi connectivity index (χ1v) is 9.78. The van der Waals surface area contributed by atoms with Crippen molar-refractivity contribution in [1.29, 1.82) is 0 Å². The highest BCUT2D eigenvalue weighted by atomic mass is 32.2. The third-order valence-electron chi connectivity index (χ3n) is 4.17. The van der Waals surface area contributed by atoms with Crippen molar-refractivity contribution in [3.8, 4) is 0 Å². The summed E-state index contributed by atoms with van der Waals surface area (Å²) in [6, 6.07) is 14.0. The molecule has 1 atom stereocenters. The Hall–Kier alpha value is -2.38. The highest BCUT2D eigenvalue weighted by Crippen LogP contribution is 2.19. The zero-order chi connectivity index (χ0) is 19.3. The zero-order valence-corrected chi connectivity index (χ0v) is 16.3. The largest absolute Gasteiger partial charge is 0.334 e. The average Bonchev–Trinajstić information content (AvgIpc) is 2.60. The molecule has 2 N–H and O–H groups in total. The van der Waals surface area contributed by atoms with Gasteiger partial charge in [0.05, 0.1) is 10.9 Å². The molecule has 0 saturated carbocycles. The van der Waals surface area contributed by atoms with Crippen LogP contribution in [0.25, 0.3) is 0 Å². The van der Waals surface area contributed by atoms with Crippen LogP contribution in [0.15, 0.2) is 53.4 Å². The molecule has 2 aromatic rings.